The number of amides is 1. The SMILES string of the molecule is CC(C)n1cc(CCCC(=O)Nc2n[nH]c([C@@H]3CCCO3)n2)c2ccccc21. The summed E-state index contributed by atoms with van der Waals surface area (Å²) in [4.78, 5) is 16.6. The van der Waals surface area contributed by atoms with Crippen LogP contribution in [0.3, 0.4) is 0 Å². The molecule has 0 radical (unpaired) electrons. The predicted molar refractivity (Wildman–Crippen MR) is 108 cm³/mol. The number of carbonyl (C=O) groups excluding carboxylic acids is 1. The number of aryl methyl sites for hydroxylation is 1. The van der Waals surface area contributed by atoms with E-state index in [9.17, 15) is 4.79 Å². The van der Waals surface area contributed by atoms with Crippen molar-refractivity contribution >= 4 is 22.8 Å². The molecular formula is C21H27N5O2. The van der Waals surface area contributed by atoms with Crippen LogP contribution in [0, 0.1) is 0 Å². The maximum atomic E-state index is 12.3. The molecule has 148 valence electrons. The van der Waals surface area contributed by atoms with Crippen LogP contribution in [0.1, 0.15) is 63.1 Å². The Morgan fingerprint density at radius 1 is 1.39 bits per heavy atom. The van der Waals surface area contributed by atoms with E-state index in [4.69, 9.17) is 4.74 Å². The van der Waals surface area contributed by atoms with Crippen molar-refractivity contribution in [3.05, 3.63) is 41.9 Å². The van der Waals surface area contributed by atoms with Gasteiger partial charge in [-0.2, -0.15) is 4.98 Å². The van der Waals surface area contributed by atoms with E-state index in [2.05, 4.69) is 69.4 Å². The number of hydrogen-bond donors (Lipinski definition) is 2. The van der Waals surface area contributed by atoms with Crippen molar-refractivity contribution in [1.82, 2.24) is 19.7 Å². The van der Waals surface area contributed by atoms with Gasteiger partial charge in [-0.05, 0) is 51.2 Å². The maximum Gasteiger partial charge on any atom is 0.248 e. The molecule has 0 aliphatic carbocycles. The number of rotatable bonds is 7. The van der Waals surface area contributed by atoms with Crippen LogP contribution in [0.15, 0.2) is 30.5 Å². The van der Waals surface area contributed by atoms with Crippen LogP contribution in [0.4, 0.5) is 5.95 Å². The lowest BCUT2D eigenvalue weighted by atomic mass is 10.1. The number of aromatic nitrogens is 4. The number of ether oxygens (including phenoxy) is 1. The molecule has 7 nitrogen and oxygen atoms in total. The lowest BCUT2D eigenvalue weighted by Gasteiger charge is -2.08. The molecule has 1 saturated heterocycles. The van der Waals surface area contributed by atoms with Crippen LogP contribution in [-0.4, -0.2) is 32.3 Å². The van der Waals surface area contributed by atoms with E-state index in [0.717, 1.165) is 32.3 Å². The van der Waals surface area contributed by atoms with Crippen LogP contribution in [-0.2, 0) is 16.0 Å². The molecule has 0 bridgehead atoms. The van der Waals surface area contributed by atoms with Gasteiger partial charge in [0, 0.05) is 36.2 Å². The van der Waals surface area contributed by atoms with Gasteiger partial charge in [0.2, 0.25) is 11.9 Å². The van der Waals surface area contributed by atoms with Gasteiger partial charge < -0.3 is 9.30 Å². The van der Waals surface area contributed by atoms with E-state index in [0.29, 0.717) is 24.2 Å². The molecule has 1 aliphatic rings. The smallest absolute Gasteiger partial charge is 0.248 e. The summed E-state index contributed by atoms with van der Waals surface area (Å²) >= 11 is 0. The first-order chi connectivity index (χ1) is 13.6. The summed E-state index contributed by atoms with van der Waals surface area (Å²) in [5.41, 5.74) is 2.54. The summed E-state index contributed by atoms with van der Waals surface area (Å²) in [7, 11) is 0. The Kier molecular flexibility index (Phi) is 5.43. The van der Waals surface area contributed by atoms with Crippen molar-refractivity contribution in [2.24, 2.45) is 0 Å². The van der Waals surface area contributed by atoms with E-state index in [1.165, 1.54) is 16.5 Å². The third-order valence-corrected chi connectivity index (χ3v) is 5.22. The van der Waals surface area contributed by atoms with Crippen molar-refractivity contribution in [3.8, 4) is 0 Å². The topological polar surface area (TPSA) is 84.8 Å². The summed E-state index contributed by atoms with van der Waals surface area (Å²) in [6.45, 7) is 5.12. The molecule has 28 heavy (non-hydrogen) atoms. The zero-order chi connectivity index (χ0) is 19.5. The number of anilines is 1. The molecule has 7 heteroatoms. The van der Waals surface area contributed by atoms with E-state index < -0.39 is 0 Å². The Hall–Kier alpha value is -2.67. The van der Waals surface area contributed by atoms with Crippen molar-refractivity contribution in [3.63, 3.8) is 0 Å². The highest BCUT2D eigenvalue weighted by Crippen LogP contribution is 2.27. The first kappa shape index (κ1) is 18.7. The molecule has 0 spiro atoms. The van der Waals surface area contributed by atoms with Crippen molar-refractivity contribution < 1.29 is 9.53 Å². The summed E-state index contributed by atoms with van der Waals surface area (Å²) < 4.78 is 7.87. The van der Waals surface area contributed by atoms with Gasteiger partial charge in [0.1, 0.15) is 6.10 Å². The summed E-state index contributed by atoms with van der Waals surface area (Å²) in [6, 6.07) is 8.86. The Balaban J connectivity index is 1.33. The van der Waals surface area contributed by atoms with Gasteiger partial charge in [0.05, 0.1) is 0 Å². The highest BCUT2D eigenvalue weighted by molar-refractivity contribution is 5.89. The van der Waals surface area contributed by atoms with E-state index in [-0.39, 0.29) is 12.0 Å². The number of aromatic amines is 1. The first-order valence-corrected chi connectivity index (χ1v) is 10.0. The van der Waals surface area contributed by atoms with Crippen LogP contribution in [0.5, 0.6) is 0 Å². The number of nitrogens with one attached hydrogen (secondary N) is 2. The molecule has 1 fully saturated rings. The third kappa shape index (κ3) is 3.94. The fraction of sp³-hybridized carbons (Fsp3) is 0.476. The number of benzene rings is 1. The van der Waals surface area contributed by atoms with Gasteiger partial charge in [-0.3, -0.25) is 15.2 Å². The van der Waals surface area contributed by atoms with Gasteiger partial charge in [-0.15, -0.1) is 5.10 Å². The Morgan fingerprint density at radius 2 is 2.25 bits per heavy atom. The summed E-state index contributed by atoms with van der Waals surface area (Å²) in [6.07, 6.45) is 6.23. The molecule has 0 unspecified atom stereocenters. The second kappa shape index (κ2) is 8.14. The van der Waals surface area contributed by atoms with Crippen molar-refractivity contribution in [1.29, 1.82) is 0 Å². The molecule has 0 saturated carbocycles. The first-order valence-electron chi connectivity index (χ1n) is 10.0. The minimum atomic E-state index is -0.0644. The van der Waals surface area contributed by atoms with Gasteiger partial charge in [0.15, 0.2) is 5.82 Å². The lowest BCUT2D eigenvalue weighted by Crippen LogP contribution is -2.12. The minimum absolute atomic E-state index is 0.0311. The Labute approximate surface area is 164 Å². The zero-order valence-corrected chi connectivity index (χ0v) is 16.4. The second-order valence-corrected chi connectivity index (χ2v) is 7.62. The van der Waals surface area contributed by atoms with E-state index >= 15 is 0 Å². The highest BCUT2D eigenvalue weighted by Gasteiger charge is 2.21. The van der Waals surface area contributed by atoms with E-state index in [1.807, 2.05) is 0 Å². The van der Waals surface area contributed by atoms with Gasteiger partial charge >= 0.3 is 0 Å². The standard InChI is InChI=1S/C21H27N5O2/c1-14(2)26-13-15(16-8-3-4-9-17(16)26)7-5-11-19(27)22-21-23-20(24-25-21)18-10-6-12-28-18/h3-4,8-9,13-14,18H,5-7,10-12H2,1-2H3,(H2,22,23,24,25,27)/t18-/m0/s1. The second-order valence-electron chi connectivity index (χ2n) is 7.62. The molecule has 1 aromatic carbocycles. The molecule has 1 aliphatic heterocycles. The number of para-hydroxylation sites is 1. The molecule has 2 N–H and O–H groups in total. The van der Waals surface area contributed by atoms with Gasteiger partial charge in [0.25, 0.3) is 0 Å². The highest BCUT2D eigenvalue weighted by atomic mass is 16.5. The fourth-order valence-corrected chi connectivity index (χ4v) is 3.80. The number of carbonyl (C=O) groups is 1. The number of hydrogen-bond acceptors (Lipinski definition) is 4. The molecular weight excluding hydrogens is 354 g/mol. The molecule has 1 atom stereocenters. The Morgan fingerprint density at radius 3 is 3.04 bits per heavy atom. The fourth-order valence-electron chi connectivity index (χ4n) is 3.80. The average molecular weight is 381 g/mol. The molecule has 4 rings (SSSR count). The zero-order valence-electron chi connectivity index (χ0n) is 16.4. The largest absolute Gasteiger partial charge is 0.370 e. The molecule has 2 aromatic heterocycles. The normalized spacial score (nSPS) is 16.9. The number of nitrogens with zero attached hydrogens (tertiary/aromatic N) is 3. The van der Waals surface area contributed by atoms with Crippen LogP contribution in [0.25, 0.3) is 10.9 Å². The average Bonchev–Trinajstić information content (AvgIpc) is 3.41. The monoisotopic (exact) mass is 381 g/mol. The van der Waals surface area contributed by atoms with Gasteiger partial charge in [-0.25, -0.2) is 0 Å². The number of fused-ring (bicyclic) bond motifs is 1. The predicted octanol–water partition coefficient (Wildman–Crippen LogP) is 4.15. The summed E-state index contributed by atoms with van der Waals surface area (Å²) in [5, 5.41) is 11.0. The summed E-state index contributed by atoms with van der Waals surface area (Å²) in [5.74, 6) is 0.951. The van der Waals surface area contributed by atoms with Crippen LogP contribution < -0.4 is 5.32 Å². The Bertz CT molecular complexity index is 953. The quantitative estimate of drug-likeness (QED) is 0.644. The van der Waals surface area contributed by atoms with Crippen molar-refractivity contribution in [2.75, 3.05) is 11.9 Å². The molecule has 1 amide bonds. The third-order valence-electron chi connectivity index (χ3n) is 5.22. The lowest BCUT2D eigenvalue weighted by molar-refractivity contribution is -0.116. The maximum absolute atomic E-state index is 12.3. The van der Waals surface area contributed by atoms with Crippen LogP contribution in [0.2, 0.25) is 0 Å². The minimum Gasteiger partial charge on any atom is -0.370 e. The molecule has 3 aromatic rings. The van der Waals surface area contributed by atoms with Crippen molar-refractivity contribution in [2.45, 2.75) is 58.1 Å². The van der Waals surface area contributed by atoms with E-state index in [1.54, 1.807) is 0 Å². The molecule has 3 heterocycles. The number of H-pyrrole nitrogens is 1. The van der Waals surface area contributed by atoms with Crippen LogP contribution >= 0.6 is 0 Å². The van der Waals surface area contributed by atoms with Gasteiger partial charge in [-0.1, -0.05) is 18.2 Å².